The van der Waals surface area contributed by atoms with Crippen molar-refractivity contribution in [1.29, 1.82) is 0 Å². The summed E-state index contributed by atoms with van der Waals surface area (Å²) in [5.41, 5.74) is 6.77. The Balaban J connectivity index is 2.12. The second-order valence-electron chi connectivity index (χ2n) is 5.57. The smallest absolute Gasteiger partial charge is 0.256 e. The molecule has 0 saturated heterocycles. The number of hydrogen-bond acceptors (Lipinski definition) is 3. The predicted molar refractivity (Wildman–Crippen MR) is 82.0 cm³/mol. The lowest BCUT2D eigenvalue weighted by Crippen LogP contribution is -2.38. The lowest BCUT2D eigenvalue weighted by atomic mass is 10.1. The van der Waals surface area contributed by atoms with Gasteiger partial charge in [-0.1, -0.05) is 18.2 Å². The maximum absolute atomic E-state index is 12.6. The van der Waals surface area contributed by atoms with E-state index in [1.165, 1.54) is 0 Å². The van der Waals surface area contributed by atoms with Gasteiger partial charge in [-0.15, -0.1) is 0 Å². The fraction of sp³-hybridized carbons (Fsp3) is 0.375. The maximum atomic E-state index is 12.6. The summed E-state index contributed by atoms with van der Waals surface area (Å²) in [4.78, 5) is 24.9. The minimum absolute atomic E-state index is 0.112. The zero-order valence-electron chi connectivity index (χ0n) is 12.0. The summed E-state index contributed by atoms with van der Waals surface area (Å²) in [6.45, 7) is 1.92. The number of fused-ring (bicyclic) bond motifs is 1. The summed E-state index contributed by atoms with van der Waals surface area (Å²) in [6.07, 6.45) is 2.05. The lowest BCUT2D eigenvalue weighted by molar-refractivity contribution is -0.124. The Kier molecular flexibility index (Phi) is 3.51. The molecule has 0 spiro atoms. The predicted octanol–water partition coefficient (Wildman–Crippen LogP) is 1.30. The van der Waals surface area contributed by atoms with Gasteiger partial charge in [-0.2, -0.15) is 0 Å². The van der Waals surface area contributed by atoms with Crippen molar-refractivity contribution in [2.75, 3.05) is 0 Å². The summed E-state index contributed by atoms with van der Waals surface area (Å²) in [7, 11) is 0. The van der Waals surface area contributed by atoms with E-state index in [1.807, 2.05) is 24.3 Å². The highest BCUT2D eigenvalue weighted by molar-refractivity contribution is 5.85. The molecule has 1 saturated carbocycles. The molecule has 2 aromatic rings. The van der Waals surface area contributed by atoms with Gasteiger partial charge in [-0.05, 0) is 37.3 Å². The number of carbonyl (C=O) groups excluding carboxylic acids is 1. The molecule has 1 aliphatic rings. The topological polar surface area (TPSA) is 77.1 Å². The molecule has 1 amide bonds. The molecule has 3 rings (SSSR count). The molecule has 21 heavy (non-hydrogen) atoms. The molecule has 3 N–H and O–H groups in total. The van der Waals surface area contributed by atoms with Gasteiger partial charge >= 0.3 is 0 Å². The minimum atomic E-state index is -0.547. The van der Waals surface area contributed by atoms with Crippen LogP contribution in [-0.2, 0) is 11.3 Å². The van der Waals surface area contributed by atoms with Gasteiger partial charge in [0.05, 0.1) is 5.52 Å². The largest absolute Gasteiger partial charge is 0.352 e. The van der Waals surface area contributed by atoms with Crippen LogP contribution in [0.5, 0.6) is 0 Å². The Morgan fingerprint density at radius 2 is 2.14 bits per heavy atom. The van der Waals surface area contributed by atoms with Crippen LogP contribution in [0.25, 0.3) is 10.9 Å². The molecule has 110 valence electrons. The average molecular weight is 285 g/mol. The summed E-state index contributed by atoms with van der Waals surface area (Å²) >= 11 is 0. The Morgan fingerprint density at radius 1 is 1.43 bits per heavy atom. The van der Waals surface area contributed by atoms with Crippen molar-refractivity contribution in [3.63, 3.8) is 0 Å². The van der Waals surface area contributed by atoms with Crippen molar-refractivity contribution in [3.8, 4) is 0 Å². The number of hydrogen-bond donors (Lipinski definition) is 2. The molecule has 1 heterocycles. The molecular weight excluding hydrogens is 266 g/mol. The van der Waals surface area contributed by atoms with E-state index in [1.54, 1.807) is 17.6 Å². The van der Waals surface area contributed by atoms with Crippen molar-refractivity contribution in [2.45, 2.75) is 38.4 Å². The molecule has 5 heteroatoms. The third-order valence-electron chi connectivity index (χ3n) is 3.93. The highest BCUT2D eigenvalue weighted by atomic mass is 16.2. The molecular formula is C16H19N3O2. The number of pyridine rings is 1. The highest BCUT2D eigenvalue weighted by Gasteiger charge is 2.27. The van der Waals surface area contributed by atoms with Crippen LogP contribution in [-0.4, -0.2) is 16.5 Å². The van der Waals surface area contributed by atoms with E-state index in [-0.39, 0.29) is 24.1 Å². The molecule has 0 aliphatic heterocycles. The van der Waals surface area contributed by atoms with Crippen LogP contribution in [0.4, 0.5) is 0 Å². The zero-order valence-corrected chi connectivity index (χ0v) is 12.0. The molecule has 5 nitrogen and oxygen atoms in total. The second kappa shape index (κ2) is 5.33. The van der Waals surface area contributed by atoms with Crippen LogP contribution in [0.15, 0.2) is 35.1 Å². The molecule has 1 aromatic heterocycles. The van der Waals surface area contributed by atoms with Gasteiger partial charge in [0.1, 0.15) is 6.04 Å². The highest BCUT2D eigenvalue weighted by Crippen LogP contribution is 2.21. The summed E-state index contributed by atoms with van der Waals surface area (Å²) < 4.78 is 1.55. The fourth-order valence-electron chi connectivity index (χ4n) is 2.54. The SMILES string of the molecule is CC(C(=O)NC1CC1)n1c(=O)c(CN)cc2ccccc21. The Bertz CT molecular complexity index is 747. The molecule has 1 aromatic carbocycles. The number of nitrogens with one attached hydrogen (secondary N) is 1. The summed E-state index contributed by atoms with van der Waals surface area (Å²) in [6, 6.07) is 9.10. The average Bonchev–Trinajstić information content (AvgIpc) is 3.30. The molecule has 0 radical (unpaired) electrons. The second-order valence-corrected chi connectivity index (χ2v) is 5.57. The number of carbonyl (C=O) groups is 1. The number of para-hydroxylation sites is 1. The van der Waals surface area contributed by atoms with E-state index in [2.05, 4.69) is 5.32 Å². The summed E-state index contributed by atoms with van der Waals surface area (Å²) in [5.74, 6) is -0.112. The minimum Gasteiger partial charge on any atom is -0.352 e. The van der Waals surface area contributed by atoms with E-state index in [0.29, 0.717) is 5.56 Å². The van der Waals surface area contributed by atoms with E-state index in [9.17, 15) is 9.59 Å². The number of benzene rings is 1. The van der Waals surface area contributed by atoms with Gasteiger partial charge in [0, 0.05) is 18.2 Å². The molecule has 1 aliphatic carbocycles. The maximum Gasteiger partial charge on any atom is 0.256 e. The monoisotopic (exact) mass is 285 g/mol. The van der Waals surface area contributed by atoms with Gasteiger partial charge in [0.2, 0.25) is 5.91 Å². The van der Waals surface area contributed by atoms with Gasteiger partial charge < -0.3 is 11.1 Å². The first-order valence-electron chi connectivity index (χ1n) is 7.25. The molecule has 1 unspecified atom stereocenters. The Hall–Kier alpha value is -2.14. The van der Waals surface area contributed by atoms with Crippen LogP contribution in [0.1, 0.15) is 31.4 Å². The standard InChI is InChI=1S/C16H19N3O2/c1-10(15(20)18-13-6-7-13)19-14-5-3-2-4-11(14)8-12(9-17)16(19)21/h2-5,8,10,13H,6-7,9,17H2,1H3,(H,18,20). The van der Waals surface area contributed by atoms with Crippen LogP contribution >= 0.6 is 0 Å². The van der Waals surface area contributed by atoms with Gasteiger partial charge in [-0.3, -0.25) is 14.2 Å². The van der Waals surface area contributed by atoms with Crippen molar-refractivity contribution in [1.82, 2.24) is 9.88 Å². The zero-order chi connectivity index (χ0) is 15.0. The van der Waals surface area contributed by atoms with Crippen LogP contribution in [0.2, 0.25) is 0 Å². The van der Waals surface area contributed by atoms with E-state index in [4.69, 9.17) is 5.73 Å². The number of nitrogens with zero attached hydrogens (tertiary/aromatic N) is 1. The fourth-order valence-corrected chi connectivity index (χ4v) is 2.54. The molecule has 1 fully saturated rings. The van der Waals surface area contributed by atoms with Crippen molar-refractivity contribution >= 4 is 16.8 Å². The number of amides is 1. The first-order chi connectivity index (χ1) is 10.1. The van der Waals surface area contributed by atoms with Crippen LogP contribution in [0, 0.1) is 0 Å². The number of nitrogens with two attached hydrogens (primary N) is 1. The van der Waals surface area contributed by atoms with Crippen LogP contribution < -0.4 is 16.6 Å². The Labute approximate surface area is 122 Å². The van der Waals surface area contributed by atoms with E-state index >= 15 is 0 Å². The Morgan fingerprint density at radius 3 is 2.81 bits per heavy atom. The first kappa shape index (κ1) is 13.8. The van der Waals surface area contributed by atoms with E-state index < -0.39 is 6.04 Å². The van der Waals surface area contributed by atoms with Crippen molar-refractivity contribution in [2.24, 2.45) is 5.73 Å². The number of rotatable bonds is 4. The molecule has 0 bridgehead atoms. The molecule has 1 atom stereocenters. The van der Waals surface area contributed by atoms with E-state index in [0.717, 1.165) is 23.7 Å². The van der Waals surface area contributed by atoms with Crippen LogP contribution in [0.3, 0.4) is 0 Å². The van der Waals surface area contributed by atoms with Gasteiger partial charge in [0.25, 0.3) is 5.56 Å². The third kappa shape index (κ3) is 2.56. The summed E-state index contributed by atoms with van der Waals surface area (Å²) in [5, 5.41) is 3.87. The quantitative estimate of drug-likeness (QED) is 0.889. The van der Waals surface area contributed by atoms with Gasteiger partial charge in [-0.25, -0.2) is 0 Å². The lowest BCUT2D eigenvalue weighted by Gasteiger charge is -2.19. The number of aromatic nitrogens is 1. The third-order valence-corrected chi connectivity index (χ3v) is 3.93. The van der Waals surface area contributed by atoms with Crippen molar-refractivity contribution < 1.29 is 4.79 Å². The normalized spacial score (nSPS) is 15.9. The van der Waals surface area contributed by atoms with Gasteiger partial charge in [0.15, 0.2) is 0 Å². The first-order valence-corrected chi connectivity index (χ1v) is 7.25. The van der Waals surface area contributed by atoms with Crippen molar-refractivity contribution in [3.05, 3.63) is 46.2 Å².